The number of aliphatic hydroxyl groups excluding tert-OH is 2. The summed E-state index contributed by atoms with van der Waals surface area (Å²) in [5.74, 6) is -0.498. The van der Waals surface area contributed by atoms with Crippen LogP contribution < -0.4 is 5.32 Å². The lowest BCUT2D eigenvalue weighted by atomic mass is 10.0. The topological polar surface area (TPSA) is 95.9 Å². The van der Waals surface area contributed by atoms with Crippen molar-refractivity contribution in [2.45, 2.75) is 289 Å². The molecule has 0 aliphatic carbocycles. The third-order valence-corrected chi connectivity index (χ3v) is 11.8. The average Bonchev–Trinajstić information content (AvgIpc) is 3.22. The van der Waals surface area contributed by atoms with E-state index in [0.29, 0.717) is 19.3 Å². The fourth-order valence-corrected chi connectivity index (χ4v) is 7.83. The lowest BCUT2D eigenvalue weighted by molar-refractivity contribution is -0.151. The Hall–Kier alpha value is -1.66. The van der Waals surface area contributed by atoms with Gasteiger partial charge in [0.1, 0.15) is 6.10 Å². The Kier molecular flexibility index (Phi) is 45.1. The fourth-order valence-electron chi connectivity index (χ4n) is 7.83. The Labute approximate surface area is 361 Å². The maximum absolute atomic E-state index is 13.2. The number of ether oxygens (including phenoxy) is 1. The number of rotatable bonds is 46. The number of nitrogens with one attached hydrogen (secondary N) is 1. The van der Waals surface area contributed by atoms with E-state index in [0.717, 1.165) is 70.6 Å². The van der Waals surface area contributed by atoms with Crippen molar-refractivity contribution in [3.8, 4) is 0 Å². The van der Waals surface area contributed by atoms with Crippen molar-refractivity contribution in [2.24, 2.45) is 0 Å². The van der Waals surface area contributed by atoms with Gasteiger partial charge in [-0.15, -0.1) is 0 Å². The van der Waals surface area contributed by atoms with Crippen molar-refractivity contribution in [1.29, 1.82) is 0 Å². The van der Waals surface area contributed by atoms with E-state index in [1.807, 2.05) is 0 Å². The number of hydrogen-bond acceptors (Lipinski definition) is 5. The summed E-state index contributed by atoms with van der Waals surface area (Å²) in [5.41, 5.74) is 0. The number of hydrogen-bond donors (Lipinski definition) is 3. The zero-order chi connectivity index (χ0) is 42.4. The van der Waals surface area contributed by atoms with Gasteiger partial charge in [0.15, 0.2) is 0 Å². The minimum Gasteiger partial charge on any atom is -0.462 e. The molecular formula is C52H99NO5. The van der Waals surface area contributed by atoms with Crippen molar-refractivity contribution >= 4 is 11.9 Å². The van der Waals surface area contributed by atoms with Gasteiger partial charge in [-0.2, -0.15) is 0 Å². The van der Waals surface area contributed by atoms with E-state index < -0.39 is 18.2 Å². The number of allylic oxidation sites excluding steroid dienone is 4. The van der Waals surface area contributed by atoms with Gasteiger partial charge in [-0.1, -0.05) is 206 Å². The van der Waals surface area contributed by atoms with Crippen LogP contribution in [0, 0.1) is 0 Å². The molecule has 0 spiro atoms. The first-order chi connectivity index (χ1) is 28.5. The molecule has 0 saturated carbocycles. The summed E-state index contributed by atoms with van der Waals surface area (Å²) in [5, 5.41) is 23.7. The molecule has 0 aliphatic heterocycles. The maximum atomic E-state index is 13.2. The Balaban J connectivity index is 4.61. The molecule has 342 valence electrons. The van der Waals surface area contributed by atoms with Crippen LogP contribution in [-0.2, 0) is 14.3 Å². The average molecular weight is 818 g/mol. The molecule has 6 heteroatoms. The Bertz CT molecular complexity index is 919. The Morgan fingerprint density at radius 3 is 1.24 bits per heavy atom. The quantitative estimate of drug-likeness (QED) is 0.0323. The van der Waals surface area contributed by atoms with Crippen molar-refractivity contribution in [3.05, 3.63) is 24.3 Å². The third-order valence-electron chi connectivity index (χ3n) is 11.8. The van der Waals surface area contributed by atoms with Crippen LogP contribution in [-0.4, -0.2) is 46.9 Å². The highest BCUT2D eigenvalue weighted by Crippen LogP contribution is 2.17. The molecule has 0 heterocycles. The SMILES string of the molecule is CCCCCCCC/C=C\CCCCCC(=O)OC(CCCCC/C=C/CCCCCCCCC)CC(=O)NC(CO)C(O)CCCCCCCCCCCCCC. The van der Waals surface area contributed by atoms with Gasteiger partial charge in [-0.25, -0.2) is 0 Å². The number of unbranched alkanes of at least 4 members (excludes halogenated alkanes) is 30. The normalized spacial score (nSPS) is 13.4. The van der Waals surface area contributed by atoms with E-state index in [-0.39, 0.29) is 24.9 Å². The van der Waals surface area contributed by atoms with Gasteiger partial charge in [0.05, 0.1) is 25.2 Å². The smallest absolute Gasteiger partial charge is 0.306 e. The number of aliphatic hydroxyl groups is 2. The molecule has 3 unspecified atom stereocenters. The molecule has 0 aliphatic rings. The number of amides is 1. The lowest BCUT2D eigenvalue weighted by Gasteiger charge is -2.24. The fraction of sp³-hybridized carbons (Fsp3) is 0.885. The van der Waals surface area contributed by atoms with Gasteiger partial charge in [0, 0.05) is 6.42 Å². The van der Waals surface area contributed by atoms with Gasteiger partial charge < -0.3 is 20.3 Å². The molecular weight excluding hydrogens is 719 g/mol. The van der Waals surface area contributed by atoms with Gasteiger partial charge in [0.2, 0.25) is 5.91 Å². The highest BCUT2D eigenvalue weighted by molar-refractivity contribution is 5.77. The van der Waals surface area contributed by atoms with Crippen LogP contribution in [0.4, 0.5) is 0 Å². The summed E-state index contributed by atoms with van der Waals surface area (Å²) >= 11 is 0. The van der Waals surface area contributed by atoms with Crippen LogP contribution >= 0.6 is 0 Å². The first-order valence-corrected chi connectivity index (χ1v) is 25.6. The summed E-state index contributed by atoms with van der Waals surface area (Å²) in [7, 11) is 0. The molecule has 0 aromatic rings. The molecule has 0 fully saturated rings. The second-order valence-corrected chi connectivity index (χ2v) is 17.6. The molecule has 0 radical (unpaired) electrons. The first kappa shape index (κ1) is 56.3. The van der Waals surface area contributed by atoms with E-state index in [9.17, 15) is 19.8 Å². The van der Waals surface area contributed by atoms with E-state index in [2.05, 4.69) is 50.4 Å². The van der Waals surface area contributed by atoms with Crippen LogP contribution in [0.1, 0.15) is 271 Å². The number of esters is 1. The van der Waals surface area contributed by atoms with Gasteiger partial charge in [-0.05, 0) is 77.0 Å². The number of carbonyl (C=O) groups excluding carboxylic acids is 2. The molecule has 3 atom stereocenters. The molecule has 0 bridgehead atoms. The van der Waals surface area contributed by atoms with Crippen LogP contribution in [0.2, 0.25) is 0 Å². The Morgan fingerprint density at radius 2 is 0.828 bits per heavy atom. The highest BCUT2D eigenvalue weighted by Gasteiger charge is 2.24. The lowest BCUT2D eigenvalue weighted by Crippen LogP contribution is -2.46. The van der Waals surface area contributed by atoms with E-state index in [1.54, 1.807) is 0 Å². The van der Waals surface area contributed by atoms with Gasteiger partial charge in [-0.3, -0.25) is 9.59 Å². The Morgan fingerprint density at radius 1 is 0.483 bits per heavy atom. The van der Waals surface area contributed by atoms with E-state index in [1.165, 1.54) is 154 Å². The first-order valence-electron chi connectivity index (χ1n) is 25.6. The monoisotopic (exact) mass is 818 g/mol. The van der Waals surface area contributed by atoms with E-state index in [4.69, 9.17) is 4.74 Å². The minimum absolute atomic E-state index is 0.0648. The van der Waals surface area contributed by atoms with Crippen LogP contribution in [0.15, 0.2) is 24.3 Å². The second kappa shape index (κ2) is 46.4. The summed E-state index contributed by atoms with van der Waals surface area (Å²) in [6.07, 6.45) is 52.3. The van der Waals surface area contributed by atoms with Gasteiger partial charge in [0.25, 0.3) is 0 Å². The molecule has 1 amide bonds. The zero-order valence-electron chi connectivity index (χ0n) is 38.9. The standard InChI is InChI=1S/C52H99NO5/c1-4-7-10-13-16-19-22-25-27-28-31-34-37-40-43-48(58-52(57)45-42-39-36-33-30-26-23-20-17-14-11-8-5-2)46-51(56)53-49(47-54)50(55)44-41-38-35-32-29-24-21-18-15-12-9-6-3/h26-28,30,48-50,54-55H,4-25,29,31-47H2,1-3H3,(H,53,56)/b28-27+,30-26-. The third kappa shape index (κ3) is 41.1. The van der Waals surface area contributed by atoms with Crippen LogP contribution in [0.25, 0.3) is 0 Å². The second-order valence-electron chi connectivity index (χ2n) is 17.6. The van der Waals surface area contributed by atoms with Crippen molar-refractivity contribution in [1.82, 2.24) is 5.32 Å². The van der Waals surface area contributed by atoms with Crippen molar-refractivity contribution < 1.29 is 24.5 Å². The van der Waals surface area contributed by atoms with Crippen LogP contribution in [0.3, 0.4) is 0 Å². The molecule has 0 rings (SSSR count). The maximum Gasteiger partial charge on any atom is 0.306 e. The van der Waals surface area contributed by atoms with Crippen molar-refractivity contribution in [2.75, 3.05) is 6.61 Å². The largest absolute Gasteiger partial charge is 0.462 e. The zero-order valence-corrected chi connectivity index (χ0v) is 38.9. The van der Waals surface area contributed by atoms with Crippen molar-refractivity contribution in [3.63, 3.8) is 0 Å². The number of carbonyl (C=O) groups is 2. The molecule has 0 aromatic carbocycles. The molecule has 3 N–H and O–H groups in total. The summed E-state index contributed by atoms with van der Waals surface area (Å²) in [6, 6.07) is -0.704. The molecule has 0 saturated heterocycles. The summed E-state index contributed by atoms with van der Waals surface area (Å²) in [6.45, 7) is 6.47. The highest BCUT2D eigenvalue weighted by atomic mass is 16.5. The summed E-state index contributed by atoms with van der Waals surface area (Å²) in [4.78, 5) is 26.1. The van der Waals surface area contributed by atoms with E-state index >= 15 is 0 Å². The summed E-state index contributed by atoms with van der Waals surface area (Å²) < 4.78 is 5.91. The predicted molar refractivity (Wildman–Crippen MR) is 250 cm³/mol. The molecule has 58 heavy (non-hydrogen) atoms. The van der Waals surface area contributed by atoms with Crippen LogP contribution in [0.5, 0.6) is 0 Å². The predicted octanol–water partition coefficient (Wildman–Crippen LogP) is 15.1. The molecule has 6 nitrogen and oxygen atoms in total. The van der Waals surface area contributed by atoms with Gasteiger partial charge >= 0.3 is 5.97 Å². The minimum atomic E-state index is -0.790. The molecule has 0 aromatic heterocycles.